The first-order valence-electron chi connectivity index (χ1n) is 11.1. The predicted octanol–water partition coefficient (Wildman–Crippen LogP) is 3.04. The minimum atomic E-state index is -0.408. The molecule has 0 aliphatic carbocycles. The SMILES string of the molecule is Cc1cccc(-c2nccc(Nc3ccnc(Nc4cncc(C(=O)O[C@@H]5CCNC5)c4)n3)n2)n1. The Morgan fingerprint density at radius 2 is 1.89 bits per heavy atom. The Labute approximate surface area is 201 Å². The van der Waals surface area contributed by atoms with Crippen molar-refractivity contribution in [1.82, 2.24) is 35.2 Å². The molecule has 1 aliphatic heterocycles. The highest BCUT2D eigenvalue weighted by molar-refractivity contribution is 5.90. The van der Waals surface area contributed by atoms with Crippen LogP contribution in [0, 0.1) is 6.92 Å². The van der Waals surface area contributed by atoms with E-state index in [0.29, 0.717) is 46.9 Å². The van der Waals surface area contributed by atoms with Crippen molar-refractivity contribution in [2.45, 2.75) is 19.4 Å². The second kappa shape index (κ2) is 10.2. The highest BCUT2D eigenvalue weighted by atomic mass is 16.5. The van der Waals surface area contributed by atoms with Gasteiger partial charge in [-0.25, -0.2) is 24.7 Å². The third-order valence-electron chi connectivity index (χ3n) is 5.20. The molecule has 4 aromatic heterocycles. The maximum atomic E-state index is 12.4. The first kappa shape index (κ1) is 22.3. The van der Waals surface area contributed by atoms with Crippen molar-refractivity contribution in [2.75, 3.05) is 23.7 Å². The number of hydrogen-bond donors (Lipinski definition) is 3. The Morgan fingerprint density at radius 1 is 1.03 bits per heavy atom. The summed E-state index contributed by atoms with van der Waals surface area (Å²) in [5.74, 6) is 1.53. The van der Waals surface area contributed by atoms with E-state index in [1.54, 1.807) is 36.8 Å². The summed E-state index contributed by atoms with van der Waals surface area (Å²) in [6.07, 6.45) is 7.02. The summed E-state index contributed by atoms with van der Waals surface area (Å²) in [5.41, 5.74) is 2.50. The van der Waals surface area contributed by atoms with E-state index in [2.05, 4.69) is 45.9 Å². The molecular formula is C24H23N9O2. The van der Waals surface area contributed by atoms with E-state index < -0.39 is 5.97 Å². The van der Waals surface area contributed by atoms with Gasteiger partial charge in [0.05, 0.1) is 17.4 Å². The minimum absolute atomic E-state index is 0.116. The van der Waals surface area contributed by atoms with Crippen LogP contribution in [0.5, 0.6) is 0 Å². The second-order valence-corrected chi connectivity index (χ2v) is 7.93. The van der Waals surface area contributed by atoms with Gasteiger partial charge in [0.15, 0.2) is 5.82 Å². The van der Waals surface area contributed by atoms with Crippen LogP contribution in [0.25, 0.3) is 11.5 Å². The average Bonchev–Trinajstić information content (AvgIpc) is 3.38. The van der Waals surface area contributed by atoms with Gasteiger partial charge in [-0.2, -0.15) is 4.98 Å². The van der Waals surface area contributed by atoms with E-state index in [9.17, 15) is 4.79 Å². The molecule has 0 bridgehead atoms. The number of nitrogens with one attached hydrogen (secondary N) is 3. The minimum Gasteiger partial charge on any atom is -0.457 e. The number of rotatable bonds is 7. The monoisotopic (exact) mass is 469 g/mol. The number of pyridine rings is 2. The number of aromatic nitrogens is 6. The lowest BCUT2D eigenvalue weighted by Gasteiger charge is -2.11. The number of nitrogens with zero attached hydrogens (tertiary/aromatic N) is 6. The molecule has 0 unspecified atom stereocenters. The van der Waals surface area contributed by atoms with E-state index >= 15 is 0 Å². The molecule has 11 nitrogen and oxygen atoms in total. The molecule has 0 saturated carbocycles. The van der Waals surface area contributed by atoms with Crippen LogP contribution in [0.4, 0.5) is 23.3 Å². The van der Waals surface area contributed by atoms with E-state index in [1.165, 1.54) is 6.20 Å². The van der Waals surface area contributed by atoms with Crippen LogP contribution in [0.1, 0.15) is 22.5 Å². The van der Waals surface area contributed by atoms with Crippen LogP contribution in [0.2, 0.25) is 0 Å². The number of ether oxygens (including phenoxy) is 1. The lowest BCUT2D eigenvalue weighted by molar-refractivity contribution is 0.0344. The van der Waals surface area contributed by atoms with Gasteiger partial charge in [0.25, 0.3) is 0 Å². The molecule has 0 spiro atoms. The largest absolute Gasteiger partial charge is 0.457 e. The summed E-state index contributed by atoms with van der Waals surface area (Å²) in [6, 6.07) is 10.8. The van der Waals surface area contributed by atoms with Crippen molar-refractivity contribution in [3.8, 4) is 11.5 Å². The number of esters is 1. The molecule has 5 heterocycles. The molecule has 1 aliphatic rings. The van der Waals surface area contributed by atoms with E-state index in [0.717, 1.165) is 18.7 Å². The average molecular weight is 470 g/mol. The highest BCUT2D eigenvalue weighted by Gasteiger charge is 2.20. The smallest absolute Gasteiger partial charge is 0.340 e. The number of hydrogen-bond acceptors (Lipinski definition) is 11. The molecule has 1 fully saturated rings. The normalized spacial score (nSPS) is 14.9. The Balaban J connectivity index is 1.28. The van der Waals surface area contributed by atoms with Crippen LogP contribution in [-0.2, 0) is 4.74 Å². The van der Waals surface area contributed by atoms with Crippen molar-refractivity contribution in [1.29, 1.82) is 0 Å². The van der Waals surface area contributed by atoms with Crippen molar-refractivity contribution < 1.29 is 9.53 Å². The molecular weight excluding hydrogens is 446 g/mol. The fourth-order valence-electron chi connectivity index (χ4n) is 3.54. The zero-order valence-electron chi connectivity index (χ0n) is 19.0. The fraction of sp³-hybridized carbons (Fsp3) is 0.208. The maximum absolute atomic E-state index is 12.4. The second-order valence-electron chi connectivity index (χ2n) is 7.93. The van der Waals surface area contributed by atoms with Crippen LogP contribution in [-0.4, -0.2) is 55.1 Å². The molecule has 176 valence electrons. The molecule has 3 N–H and O–H groups in total. The van der Waals surface area contributed by atoms with Crippen molar-refractivity contribution in [3.05, 3.63) is 72.4 Å². The molecule has 35 heavy (non-hydrogen) atoms. The zero-order chi connectivity index (χ0) is 24.0. The lowest BCUT2D eigenvalue weighted by atomic mass is 10.2. The van der Waals surface area contributed by atoms with Crippen LogP contribution >= 0.6 is 0 Å². The number of carbonyl (C=O) groups excluding carboxylic acids is 1. The summed E-state index contributed by atoms with van der Waals surface area (Å²) in [5, 5.41) is 9.40. The van der Waals surface area contributed by atoms with Gasteiger partial charge in [-0.15, -0.1) is 0 Å². The lowest BCUT2D eigenvalue weighted by Crippen LogP contribution is -2.21. The summed E-state index contributed by atoms with van der Waals surface area (Å²) < 4.78 is 5.51. The first-order chi connectivity index (χ1) is 17.1. The molecule has 0 aromatic carbocycles. The Hall–Kier alpha value is -4.51. The van der Waals surface area contributed by atoms with Crippen LogP contribution in [0.3, 0.4) is 0 Å². The Bertz CT molecular complexity index is 1340. The summed E-state index contributed by atoms with van der Waals surface area (Å²) in [4.78, 5) is 38.6. The van der Waals surface area contributed by atoms with Gasteiger partial charge in [-0.3, -0.25) is 4.98 Å². The molecule has 0 amide bonds. The van der Waals surface area contributed by atoms with Crippen molar-refractivity contribution >= 4 is 29.2 Å². The number of carbonyl (C=O) groups is 1. The van der Waals surface area contributed by atoms with Crippen LogP contribution < -0.4 is 16.0 Å². The quantitative estimate of drug-likeness (QED) is 0.344. The van der Waals surface area contributed by atoms with Gasteiger partial charge in [0.2, 0.25) is 5.95 Å². The molecule has 1 saturated heterocycles. The van der Waals surface area contributed by atoms with E-state index in [1.807, 2.05) is 25.1 Å². The Morgan fingerprint density at radius 3 is 2.71 bits per heavy atom. The third-order valence-corrected chi connectivity index (χ3v) is 5.20. The molecule has 0 radical (unpaired) electrons. The summed E-state index contributed by atoms with van der Waals surface area (Å²) in [6.45, 7) is 3.43. The zero-order valence-corrected chi connectivity index (χ0v) is 19.0. The number of anilines is 4. The summed E-state index contributed by atoms with van der Waals surface area (Å²) in [7, 11) is 0. The van der Waals surface area contributed by atoms with Crippen molar-refractivity contribution in [2.24, 2.45) is 0 Å². The Kier molecular flexibility index (Phi) is 6.48. The first-order valence-corrected chi connectivity index (χ1v) is 11.1. The fourth-order valence-corrected chi connectivity index (χ4v) is 3.54. The van der Waals surface area contributed by atoms with Crippen molar-refractivity contribution in [3.63, 3.8) is 0 Å². The molecule has 5 rings (SSSR count). The predicted molar refractivity (Wildman–Crippen MR) is 130 cm³/mol. The van der Waals surface area contributed by atoms with Gasteiger partial charge in [-0.05, 0) is 50.2 Å². The summed E-state index contributed by atoms with van der Waals surface area (Å²) >= 11 is 0. The molecule has 4 aromatic rings. The van der Waals surface area contributed by atoms with Gasteiger partial charge in [-0.1, -0.05) is 6.07 Å². The topological polar surface area (TPSA) is 140 Å². The standard InChI is InChI=1S/C24H23N9O2/c1-15-3-2-4-19(29-15)22-27-9-6-20(32-22)31-21-7-10-28-24(33-21)30-17-11-16(12-26-13-17)23(34)35-18-5-8-25-14-18/h2-4,6-7,9-13,18,25H,5,8,14H2,1H3,(H2,27,28,30,31,32,33)/t18-/m1/s1. The van der Waals surface area contributed by atoms with E-state index in [-0.39, 0.29) is 6.10 Å². The van der Waals surface area contributed by atoms with Gasteiger partial charge in [0, 0.05) is 30.8 Å². The molecule has 1 atom stereocenters. The molecule has 11 heteroatoms. The maximum Gasteiger partial charge on any atom is 0.340 e. The van der Waals surface area contributed by atoms with Gasteiger partial charge in [0.1, 0.15) is 23.4 Å². The number of aryl methyl sites for hydroxylation is 1. The van der Waals surface area contributed by atoms with Gasteiger partial charge < -0.3 is 20.7 Å². The van der Waals surface area contributed by atoms with E-state index in [4.69, 9.17) is 4.74 Å². The van der Waals surface area contributed by atoms with Crippen LogP contribution in [0.15, 0.2) is 61.2 Å². The third kappa shape index (κ3) is 5.71. The van der Waals surface area contributed by atoms with Gasteiger partial charge >= 0.3 is 5.97 Å². The highest BCUT2D eigenvalue weighted by Crippen LogP contribution is 2.19.